The predicted molar refractivity (Wildman–Crippen MR) is 61.8 cm³/mol. The van der Waals surface area contributed by atoms with E-state index in [0.29, 0.717) is 5.02 Å². The maximum atomic E-state index is 13.2. The van der Waals surface area contributed by atoms with E-state index >= 15 is 0 Å². The third-order valence-electron chi connectivity index (χ3n) is 2.70. The van der Waals surface area contributed by atoms with Gasteiger partial charge in [0.15, 0.2) is 0 Å². The lowest BCUT2D eigenvalue weighted by atomic mass is 10.1. The Morgan fingerprint density at radius 1 is 1.50 bits per heavy atom. The highest BCUT2D eigenvalue weighted by molar-refractivity contribution is 6.31. The summed E-state index contributed by atoms with van der Waals surface area (Å²) >= 11 is 5.94. The first-order valence-electron chi connectivity index (χ1n) is 5.02. The molecule has 0 radical (unpaired) electrons. The van der Waals surface area contributed by atoms with Crippen molar-refractivity contribution < 1.29 is 9.18 Å². The summed E-state index contributed by atoms with van der Waals surface area (Å²) in [6, 6.07) is 2.74. The van der Waals surface area contributed by atoms with Crippen molar-refractivity contribution in [2.75, 3.05) is 7.05 Å². The van der Waals surface area contributed by atoms with Gasteiger partial charge in [0.1, 0.15) is 5.82 Å². The monoisotopic (exact) mass is 239 g/mol. The van der Waals surface area contributed by atoms with Crippen molar-refractivity contribution >= 4 is 23.1 Å². The molecule has 0 saturated heterocycles. The van der Waals surface area contributed by atoms with E-state index < -0.39 is 0 Å². The average Bonchev–Trinajstić information content (AvgIpc) is 2.61. The van der Waals surface area contributed by atoms with Crippen LogP contribution >= 0.6 is 11.6 Å². The van der Waals surface area contributed by atoms with Crippen LogP contribution in [0.25, 0.3) is 5.57 Å². The molecule has 0 atom stereocenters. The molecule has 1 amide bonds. The lowest BCUT2D eigenvalue weighted by molar-refractivity contribution is -0.116. The molecular formula is C12H11ClFNO. The van der Waals surface area contributed by atoms with Gasteiger partial charge < -0.3 is 5.32 Å². The normalized spacial score (nSPS) is 16.3. The van der Waals surface area contributed by atoms with Crippen molar-refractivity contribution in [3.05, 3.63) is 40.2 Å². The number of carbonyl (C=O) groups excluding carboxylic acids is 1. The summed E-state index contributed by atoms with van der Waals surface area (Å²) in [5, 5.41) is 2.95. The van der Waals surface area contributed by atoms with Gasteiger partial charge in [-0.1, -0.05) is 11.6 Å². The molecule has 0 bridgehead atoms. The number of allylic oxidation sites excluding steroid dienone is 1. The molecule has 1 aliphatic carbocycles. The Balaban J connectivity index is 2.47. The number of nitrogens with one attached hydrogen (secondary N) is 1. The SMILES string of the molecule is CNC(=O)C=C1CCc2c(Cl)cc(F)cc21. The molecular weight excluding hydrogens is 229 g/mol. The Bertz CT molecular complexity index is 482. The number of hydrogen-bond acceptors (Lipinski definition) is 1. The molecule has 4 heteroatoms. The van der Waals surface area contributed by atoms with Crippen LogP contribution in [0.3, 0.4) is 0 Å². The first-order chi connectivity index (χ1) is 7.61. The molecule has 84 valence electrons. The molecule has 0 aromatic heterocycles. The molecule has 0 aliphatic heterocycles. The molecule has 1 aromatic carbocycles. The summed E-state index contributed by atoms with van der Waals surface area (Å²) < 4.78 is 13.2. The van der Waals surface area contributed by atoms with Gasteiger partial charge in [-0.3, -0.25) is 4.79 Å². The second-order valence-corrected chi connectivity index (χ2v) is 4.10. The van der Waals surface area contributed by atoms with E-state index in [0.717, 1.165) is 29.5 Å². The maximum absolute atomic E-state index is 13.2. The van der Waals surface area contributed by atoms with Gasteiger partial charge in [0.2, 0.25) is 5.91 Å². The molecule has 0 unspecified atom stereocenters. The number of hydrogen-bond donors (Lipinski definition) is 1. The Morgan fingerprint density at radius 2 is 2.25 bits per heavy atom. The zero-order chi connectivity index (χ0) is 11.7. The third-order valence-corrected chi connectivity index (χ3v) is 3.04. The van der Waals surface area contributed by atoms with Gasteiger partial charge >= 0.3 is 0 Å². The first kappa shape index (κ1) is 11.1. The number of carbonyl (C=O) groups is 1. The van der Waals surface area contributed by atoms with Crippen molar-refractivity contribution in [2.24, 2.45) is 0 Å². The Kier molecular flexibility index (Phi) is 2.97. The number of halogens is 2. The highest BCUT2D eigenvalue weighted by Gasteiger charge is 2.20. The molecule has 0 spiro atoms. The molecule has 2 nitrogen and oxygen atoms in total. The van der Waals surface area contributed by atoms with Crippen molar-refractivity contribution in [3.8, 4) is 0 Å². The third kappa shape index (κ3) is 1.95. The Morgan fingerprint density at radius 3 is 2.94 bits per heavy atom. The van der Waals surface area contributed by atoms with Gasteiger partial charge in [-0.15, -0.1) is 0 Å². The van der Waals surface area contributed by atoms with Crippen LogP contribution in [0, 0.1) is 5.82 Å². The zero-order valence-corrected chi connectivity index (χ0v) is 9.57. The fraction of sp³-hybridized carbons (Fsp3) is 0.250. The molecule has 0 fully saturated rings. The van der Waals surface area contributed by atoms with Crippen LogP contribution in [0.15, 0.2) is 18.2 Å². The number of fused-ring (bicyclic) bond motifs is 1. The molecule has 1 N–H and O–H groups in total. The van der Waals surface area contributed by atoms with Crippen LogP contribution in [0.5, 0.6) is 0 Å². The van der Waals surface area contributed by atoms with E-state index in [4.69, 9.17) is 11.6 Å². The van der Waals surface area contributed by atoms with Gasteiger partial charge in [0.05, 0.1) is 0 Å². The van der Waals surface area contributed by atoms with E-state index in [9.17, 15) is 9.18 Å². The van der Waals surface area contributed by atoms with Gasteiger partial charge in [-0.05, 0) is 41.7 Å². The molecule has 0 heterocycles. The minimum absolute atomic E-state index is 0.178. The van der Waals surface area contributed by atoms with Gasteiger partial charge in [-0.25, -0.2) is 4.39 Å². The maximum Gasteiger partial charge on any atom is 0.244 e. The van der Waals surface area contributed by atoms with Gasteiger partial charge in [0, 0.05) is 18.1 Å². The van der Waals surface area contributed by atoms with Crippen LogP contribution in [0.1, 0.15) is 17.5 Å². The van der Waals surface area contributed by atoms with Crippen LogP contribution in [-0.2, 0) is 11.2 Å². The average molecular weight is 240 g/mol. The summed E-state index contributed by atoms with van der Waals surface area (Å²) in [7, 11) is 1.56. The summed E-state index contributed by atoms with van der Waals surface area (Å²) in [5.74, 6) is -0.545. The zero-order valence-electron chi connectivity index (χ0n) is 8.81. The van der Waals surface area contributed by atoms with Crippen LogP contribution in [-0.4, -0.2) is 13.0 Å². The highest BCUT2D eigenvalue weighted by Crippen LogP contribution is 2.36. The minimum Gasteiger partial charge on any atom is -0.356 e. The predicted octanol–water partition coefficient (Wildman–Crippen LogP) is 2.55. The summed E-state index contributed by atoms with van der Waals surface area (Å²) in [4.78, 5) is 11.2. The van der Waals surface area contributed by atoms with Crippen molar-refractivity contribution in [1.29, 1.82) is 0 Å². The van der Waals surface area contributed by atoms with E-state index in [2.05, 4.69) is 5.32 Å². The van der Waals surface area contributed by atoms with Crippen LogP contribution in [0.4, 0.5) is 4.39 Å². The smallest absolute Gasteiger partial charge is 0.244 e. The Labute approximate surface area is 98.1 Å². The van der Waals surface area contributed by atoms with Crippen molar-refractivity contribution in [3.63, 3.8) is 0 Å². The van der Waals surface area contributed by atoms with Crippen molar-refractivity contribution in [2.45, 2.75) is 12.8 Å². The fourth-order valence-electron chi connectivity index (χ4n) is 1.92. The van der Waals surface area contributed by atoms with Gasteiger partial charge in [-0.2, -0.15) is 0 Å². The van der Waals surface area contributed by atoms with E-state index in [1.165, 1.54) is 18.2 Å². The second kappa shape index (κ2) is 4.26. The lowest BCUT2D eigenvalue weighted by Gasteiger charge is -2.03. The number of likely N-dealkylation sites (N-methyl/N-ethyl adjacent to an activating group) is 1. The minimum atomic E-state index is -0.367. The Hall–Kier alpha value is -1.35. The van der Waals surface area contributed by atoms with E-state index in [-0.39, 0.29) is 11.7 Å². The van der Waals surface area contributed by atoms with E-state index in [1.807, 2.05) is 0 Å². The fourth-order valence-corrected chi connectivity index (χ4v) is 2.22. The second-order valence-electron chi connectivity index (χ2n) is 3.70. The molecule has 0 saturated carbocycles. The molecule has 2 rings (SSSR count). The number of benzene rings is 1. The van der Waals surface area contributed by atoms with Gasteiger partial charge in [0.25, 0.3) is 0 Å². The number of amides is 1. The molecule has 1 aromatic rings. The lowest BCUT2D eigenvalue weighted by Crippen LogP contribution is -2.14. The topological polar surface area (TPSA) is 29.1 Å². The van der Waals surface area contributed by atoms with Crippen LogP contribution in [0.2, 0.25) is 5.02 Å². The quantitative estimate of drug-likeness (QED) is 0.750. The largest absolute Gasteiger partial charge is 0.356 e. The number of rotatable bonds is 1. The first-order valence-corrected chi connectivity index (χ1v) is 5.40. The molecule has 1 aliphatic rings. The summed E-state index contributed by atoms with van der Waals surface area (Å²) in [5.41, 5.74) is 2.53. The van der Waals surface area contributed by atoms with E-state index in [1.54, 1.807) is 7.05 Å². The van der Waals surface area contributed by atoms with Crippen molar-refractivity contribution in [1.82, 2.24) is 5.32 Å². The molecule has 16 heavy (non-hydrogen) atoms. The summed E-state index contributed by atoms with van der Waals surface area (Å²) in [6.07, 6.45) is 2.99. The van der Waals surface area contributed by atoms with Crippen LogP contribution < -0.4 is 5.32 Å². The standard InChI is InChI=1S/C12H11ClFNO/c1-15-12(16)4-7-2-3-9-10(7)5-8(14)6-11(9)13/h4-6H,2-3H2,1H3,(H,15,16). The highest BCUT2D eigenvalue weighted by atomic mass is 35.5. The summed E-state index contributed by atoms with van der Waals surface area (Å²) in [6.45, 7) is 0.